The molecule has 0 radical (unpaired) electrons. The van der Waals surface area contributed by atoms with E-state index in [-0.39, 0.29) is 17.5 Å². The van der Waals surface area contributed by atoms with Gasteiger partial charge in [-0.25, -0.2) is 9.18 Å². The second kappa shape index (κ2) is 7.51. The van der Waals surface area contributed by atoms with Gasteiger partial charge in [0.1, 0.15) is 18.4 Å². The molecule has 0 aromatic heterocycles. The molecule has 1 aliphatic heterocycles. The minimum absolute atomic E-state index is 0.00378. The molecular formula is C17H19BrFN3O3. The molecule has 6 nitrogen and oxygen atoms in total. The Morgan fingerprint density at radius 2 is 2.00 bits per heavy atom. The normalized spacial score (nSPS) is 21.4. The Hall–Kier alpha value is -1.96. The molecule has 1 aliphatic carbocycles. The van der Waals surface area contributed by atoms with E-state index in [1.165, 1.54) is 12.1 Å². The van der Waals surface area contributed by atoms with Crippen LogP contribution in [0.1, 0.15) is 32.1 Å². The average molecular weight is 412 g/mol. The molecule has 2 fully saturated rings. The van der Waals surface area contributed by atoms with Crippen LogP contribution in [0.25, 0.3) is 0 Å². The third-order valence-electron chi connectivity index (χ3n) is 4.68. The zero-order valence-corrected chi connectivity index (χ0v) is 15.1. The van der Waals surface area contributed by atoms with E-state index in [4.69, 9.17) is 0 Å². The van der Waals surface area contributed by atoms with Crippen molar-refractivity contribution < 1.29 is 18.8 Å². The van der Waals surface area contributed by atoms with Gasteiger partial charge >= 0.3 is 6.03 Å². The predicted octanol–water partition coefficient (Wildman–Crippen LogP) is 3.03. The molecule has 0 bridgehead atoms. The number of nitrogens with one attached hydrogen (secondary N) is 2. The Bertz CT molecular complexity index is 706. The maximum Gasteiger partial charge on any atom is 0.325 e. The molecule has 0 spiro atoms. The maximum atomic E-state index is 13.8. The van der Waals surface area contributed by atoms with Crippen LogP contribution < -0.4 is 10.6 Å². The highest BCUT2D eigenvalue weighted by Crippen LogP contribution is 2.29. The Morgan fingerprint density at radius 1 is 1.28 bits per heavy atom. The first-order valence-electron chi connectivity index (χ1n) is 8.32. The zero-order chi connectivity index (χ0) is 18.0. The molecule has 0 unspecified atom stereocenters. The third kappa shape index (κ3) is 4.00. The van der Waals surface area contributed by atoms with E-state index >= 15 is 0 Å². The van der Waals surface area contributed by atoms with Crippen molar-refractivity contribution in [2.24, 2.45) is 5.92 Å². The number of amides is 4. The molecule has 1 saturated heterocycles. The summed E-state index contributed by atoms with van der Waals surface area (Å²) >= 11 is 3.13. The molecule has 2 N–H and O–H groups in total. The van der Waals surface area contributed by atoms with Crippen molar-refractivity contribution in [3.05, 3.63) is 28.5 Å². The molecule has 1 atom stereocenters. The monoisotopic (exact) mass is 411 g/mol. The molecule has 1 heterocycles. The van der Waals surface area contributed by atoms with Gasteiger partial charge in [0, 0.05) is 4.47 Å². The zero-order valence-electron chi connectivity index (χ0n) is 13.6. The van der Waals surface area contributed by atoms with E-state index in [0.717, 1.165) is 37.0 Å². The summed E-state index contributed by atoms with van der Waals surface area (Å²) in [4.78, 5) is 37.6. The van der Waals surface area contributed by atoms with Crippen LogP contribution in [-0.2, 0) is 9.59 Å². The number of carbonyl (C=O) groups is 3. The fourth-order valence-electron chi connectivity index (χ4n) is 3.40. The van der Waals surface area contributed by atoms with Crippen molar-refractivity contribution in [2.45, 2.75) is 38.1 Å². The van der Waals surface area contributed by atoms with Gasteiger partial charge in [-0.15, -0.1) is 0 Å². The summed E-state index contributed by atoms with van der Waals surface area (Å²) in [5.74, 6) is -1.46. The summed E-state index contributed by atoms with van der Waals surface area (Å²) in [6.07, 6.45) is 5.05. The number of hydrogen-bond acceptors (Lipinski definition) is 3. The number of anilines is 1. The second-order valence-corrected chi connectivity index (χ2v) is 7.34. The van der Waals surface area contributed by atoms with Crippen molar-refractivity contribution in [3.63, 3.8) is 0 Å². The van der Waals surface area contributed by atoms with Gasteiger partial charge in [0.2, 0.25) is 5.91 Å². The first-order valence-corrected chi connectivity index (χ1v) is 9.12. The van der Waals surface area contributed by atoms with Crippen LogP contribution in [0.3, 0.4) is 0 Å². The number of urea groups is 1. The predicted molar refractivity (Wildman–Crippen MR) is 93.3 cm³/mol. The minimum Gasteiger partial charge on any atom is -0.326 e. The Labute approximate surface area is 153 Å². The topological polar surface area (TPSA) is 78.5 Å². The lowest BCUT2D eigenvalue weighted by Crippen LogP contribution is -2.40. The van der Waals surface area contributed by atoms with E-state index in [1.54, 1.807) is 6.07 Å². The van der Waals surface area contributed by atoms with E-state index in [0.29, 0.717) is 4.47 Å². The highest BCUT2D eigenvalue weighted by atomic mass is 79.9. The van der Waals surface area contributed by atoms with Crippen molar-refractivity contribution in [1.82, 2.24) is 10.2 Å². The Balaban J connectivity index is 1.62. The van der Waals surface area contributed by atoms with Crippen LogP contribution in [0, 0.1) is 11.7 Å². The van der Waals surface area contributed by atoms with Crippen LogP contribution in [0.2, 0.25) is 0 Å². The van der Waals surface area contributed by atoms with Gasteiger partial charge < -0.3 is 10.6 Å². The van der Waals surface area contributed by atoms with E-state index in [2.05, 4.69) is 26.6 Å². The number of halogens is 2. The highest BCUT2D eigenvalue weighted by Gasteiger charge is 2.43. The van der Waals surface area contributed by atoms with Gasteiger partial charge in [0.15, 0.2) is 0 Å². The van der Waals surface area contributed by atoms with Gasteiger partial charge in [-0.3, -0.25) is 14.5 Å². The van der Waals surface area contributed by atoms with Gasteiger partial charge in [-0.1, -0.05) is 35.2 Å². The molecule has 4 amide bonds. The van der Waals surface area contributed by atoms with Crippen molar-refractivity contribution in [1.29, 1.82) is 0 Å². The van der Waals surface area contributed by atoms with Gasteiger partial charge in [-0.05, 0) is 37.0 Å². The van der Waals surface area contributed by atoms with Gasteiger partial charge in [0.25, 0.3) is 5.91 Å². The smallest absolute Gasteiger partial charge is 0.325 e. The minimum atomic E-state index is -0.617. The summed E-state index contributed by atoms with van der Waals surface area (Å²) in [6, 6.07) is 3.11. The lowest BCUT2D eigenvalue weighted by Gasteiger charge is -2.25. The number of carbonyl (C=O) groups excluding carboxylic acids is 3. The number of nitrogens with zero attached hydrogens (tertiary/aromatic N) is 1. The fourth-order valence-corrected chi connectivity index (χ4v) is 3.73. The average Bonchev–Trinajstić information content (AvgIpc) is 2.86. The van der Waals surface area contributed by atoms with Crippen LogP contribution >= 0.6 is 15.9 Å². The number of hydrogen-bond donors (Lipinski definition) is 2. The van der Waals surface area contributed by atoms with Gasteiger partial charge in [-0.2, -0.15) is 0 Å². The second-order valence-electron chi connectivity index (χ2n) is 6.42. The van der Waals surface area contributed by atoms with Crippen LogP contribution in [0.15, 0.2) is 22.7 Å². The first kappa shape index (κ1) is 17.8. The van der Waals surface area contributed by atoms with E-state index in [1.807, 2.05) is 0 Å². The standard InChI is InChI=1S/C17H19BrFN3O3/c18-11-6-7-13(12(19)8-11)20-14(23)9-22-16(24)15(21-17(22)25)10-4-2-1-3-5-10/h6-8,10,15H,1-5,9H2,(H,20,23)(H,21,25)/t15-/m1/s1. The summed E-state index contributed by atoms with van der Waals surface area (Å²) in [7, 11) is 0. The lowest BCUT2D eigenvalue weighted by molar-refractivity contribution is -0.131. The van der Waals surface area contributed by atoms with Gasteiger partial charge in [0.05, 0.1) is 5.69 Å². The SMILES string of the molecule is O=C(CN1C(=O)N[C@H](C2CCCCC2)C1=O)Nc1ccc(Br)cc1F. The molecular weight excluding hydrogens is 393 g/mol. The number of rotatable bonds is 4. The Morgan fingerprint density at radius 3 is 2.68 bits per heavy atom. The first-order chi connectivity index (χ1) is 12.0. The van der Waals surface area contributed by atoms with E-state index in [9.17, 15) is 18.8 Å². The lowest BCUT2D eigenvalue weighted by atomic mass is 9.84. The molecule has 1 saturated carbocycles. The van der Waals surface area contributed by atoms with Crippen molar-refractivity contribution >= 4 is 39.5 Å². The van der Waals surface area contributed by atoms with E-state index < -0.39 is 30.3 Å². The molecule has 1 aromatic rings. The quantitative estimate of drug-likeness (QED) is 0.747. The van der Waals surface area contributed by atoms with Crippen LogP contribution in [0.4, 0.5) is 14.9 Å². The number of imide groups is 1. The number of benzene rings is 1. The molecule has 25 heavy (non-hydrogen) atoms. The summed E-state index contributed by atoms with van der Waals surface area (Å²) in [5.41, 5.74) is 0.00378. The Kier molecular flexibility index (Phi) is 5.36. The summed E-state index contributed by atoms with van der Waals surface area (Å²) in [5, 5.41) is 5.08. The van der Waals surface area contributed by atoms with Crippen LogP contribution in [0.5, 0.6) is 0 Å². The fraction of sp³-hybridized carbons (Fsp3) is 0.471. The molecule has 2 aliphatic rings. The molecule has 1 aromatic carbocycles. The molecule has 134 valence electrons. The molecule has 3 rings (SSSR count). The van der Waals surface area contributed by atoms with Crippen molar-refractivity contribution in [3.8, 4) is 0 Å². The maximum absolute atomic E-state index is 13.8. The summed E-state index contributed by atoms with van der Waals surface area (Å²) < 4.78 is 14.3. The third-order valence-corrected chi connectivity index (χ3v) is 5.18. The molecule has 8 heteroatoms. The summed E-state index contributed by atoms with van der Waals surface area (Å²) in [6.45, 7) is -0.427. The van der Waals surface area contributed by atoms with Crippen LogP contribution in [-0.4, -0.2) is 35.3 Å². The largest absolute Gasteiger partial charge is 0.326 e. The highest BCUT2D eigenvalue weighted by molar-refractivity contribution is 9.10. The van der Waals surface area contributed by atoms with Crippen molar-refractivity contribution in [2.75, 3.05) is 11.9 Å².